The maximum atomic E-state index is 14.1. The number of halogens is 1. The van der Waals surface area contributed by atoms with Crippen LogP contribution in [-0.4, -0.2) is 72.2 Å². The smallest absolute Gasteiger partial charge is 0.254 e. The fourth-order valence-corrected chi connectivity index (χ4v) is 5.01. The van der Waals surface area contributed by atoms with Gasteiger partial charge < -0.3 is 20.4 Å². The number of piperazine rings is 1. The van der Waals surface area contributed by atoms with Crippen molar-refractivity contribution in [3.63, 3.8) is 0 Å². The molecule has 214 valence electrons. The van der Waals surface area contributed by atoms with Gasteiger partial charge in [-0.3, -0.25) is 19.2 Å². The van der Waals surface area contributed by atoms with Gasteiger partial charge in [0.2, 0.25) is 17.7 Å². The fraction of sp³-hybridized carbons (Fsp3) is 0.312. The standard InChI is InChI=1S/C32H35FN4O4/c1-2-29(38)34-17-8-7-16-28(35-30(39)22-24-11-4-6-15-27(24)33)32(41)37-20-18-36(19-21-37)31(40)26-14-9-12-23-10-3-5-13-25(23)26/h2-6,9-15,28H,1,7-8,16-22H2,(H,34,38)(H,35,39)/t28-/m0/s1. The molecule has 1 aliphatic rings. The van der Waals surface area contributed by atoms with Crippen molar-refractivity contribution in [1.29, 1.82) is 0 Å². The molecule has 3 aromatic rings. The fourth-order valence-electron chi connectivity index (χ4n) is 5.01. The first-order valence-corrected chi connectivity index (χ1v) is 13.9. The first kappa shape index (κ1) is 29.5. The maximum Gasteiger partial charge on any atom is 0.254 e. The highest BCUT2D eigenvalue weighted by atomic mass is 19.1. The number of carbonyl (C=O) groups is 4. The molecule has 1 aliphatic heterocycles. The summed E-state index contributed by atoms with van der Waals surface area (Å²) in [5, 5.41) is 7.38. The molecule has 3 aromatic carbocycles. The summed E-state index contributed by atoms with van der Waals surface area (Å²) >= 11 is 0. The van der Waals surface area contributed by atoms with Gasteiger partial charge in [0.15, 0.2) is 0 Å². The van der Waals surface area contributed by atoms with Gasteiger partial charge in [-0.25, -0.2) is 4.39 Å². The molecule has 0 aliphatic carbocycles. The van der Waals surface area contributed by atoms with E-state index in [0.29, 0.717) is 57.5 Å². The summed E-state index contributed by atoms with van der Waals surface area (Å²) in [6.45, 7) is 5.26. The quantitative estimate of drug-likeness (QED) is 0.278. The molecule has 0 spiro atoms. The van der Waals surface area contributed by atoms with Crippen LogP contribution in [0.3, 0.4) is 0 Å². The largest absolute Gasteiger partial charge is 0.353 e. The third-order valence-corrected chi connectivity index (χ3v) is 7.24. The minimum atomic E-state index is -0.801. The zero-order chi connectivity index (χ0) is 29.2. The lowest BCUT2D eigenvalue weighted by Crippen LogP contribution is -2.56. The van der Waals surface area contributed by atoms with Gasteiger partial charge >= 0.3 is 0 Å². The van der Waals surface area contributed by atoms with Crippen LogP contribution in [0, 0.1) is 5.82 Å². The van der Waals surface area contributed by atoms with E-state index in [0.717, 1.165) is 10.8 Å². The van der Waals surface area contributed by atoms with Gasteiger partial charge in [-0.1, -0.05) is 61.2 Å². The van der Waals surface area contributed by atoms with Gasteiger partial charge in [0.1, 0.15) is 11.9 Å². The Morgan fingerprint density at radius 2 is 1.56 bits per heavy atom. The minimum Gasteiger partial charge on any atom is -0.353 e. The van der Waals surface area contributed by atoms with Gasteiger partial charge in [0, 0.05) is 38.3 Å². The summed E-state index contributed by atoms with van der Waals surface area (Å²) in [4.78, 5) is 54.5. The lowest BCUT2D eigenvalue weighted by Gasteiger charge is -2.36. The van der Waals surface area contributed by atoms with Crippen molar-refractivity contribution >= 4 is 34.4 Å². The van der Waals surface area contributed by atoms with Crippen LogP contribution in [0.2, 0.25) is 0 Å². The van der Waals surface area contributed by atoms with Crippen molar-refractivity contribution in [2.45, 2.75) is 31.7 Å². The summed E-state index contributed by atoms with van der Waals surface area (Å²) < 4.78 is 14.1. The van der Waals surface area contributed by atoms with Crippen molar-refractivity contribution < 1.29 is 23.6 Å². The number of hydrogen-bond donors (Lipinski definition) is 2. The highest BCUT2D eigenvalue weighted by molar-refractivity contribution is 6.07. The predicted molar refractivity (Wildman–Crippen MR) is 156 cm³/mol. The summed E-state index contributed by atoms with van der Waals surface area (Å²) in [6.07, 6.45) is 2.56. The van der Waals surface area contributed by atoms with E-state index >= 15 is 0 Å². The summed E-state index contributed by atoms with van der Waals surface area (Å²) in [6, 6.07) is 18.6. The molecule has 4 amide bonds. The number of nitrogens with one attached hydrogen (secondary N) is 2. The Bertz CT molecular complexity index is 1410. The molecule has 9 heteroatoms. The van der Waals surface area contributed by atoms with Crippen LogP contribution in [0.15, 0.2) is 79.4 Å². The Labute approximate surface area is 239 Å². The van der Waals surface area contributed by atoms with E-state index in [1.807, 2.05) is 42.5 Å². The van der Waals surface area contributed by atoms with Crippen LogP contribution in [0.4, 0.5) is 4.39 Å². The number of hydrogen-bond acceptors (Lipinski definition) is 4. The molecule has 0 unspecified atom stereocenters. The van der Waals surface area contributed by atoms with Crippen LogP contribution in [0.1, 0.15) is 35.2 Å². The Morgan fingerprint density at radius 3 is 2.32 bits per heavy atom. The van der Waals surface area contributed by atoms with Crippen molar-refractivity contribution in [3.05, 3.63) is 96.3 Å². The Balaban J connectivity index is 1.38. The van der Waals surface area contributed by atoms with Crippen LogP contribution in [0.5, 0.6) is 0 Å². The van der Waals surface area contributed by atoms with Crippen LogP contribution in [0.25, 0.3) is 10.8 Å². The SMILES string of the molecule is C=CC(=O)NCCCC[C@H](NC(=O)Cc1ccccc1F)C(=O)N1CCN(C(=O)c2cccc3ccccc23)CC1. The lowest BCUT2D eigenvalue weighted by molar-refractivity contribution is -0.137. The van der Waals surface area contributed by atoms with Crippen LogP contribution >= 0.6 is 0 Å². The third kappa shape index (κ3) is 7.78. The first-order valence-electron chi connectivity index (χ1n) is 13.9. The highest BCUT2D eigenvalue weighted by Gasteiger charge is 2.30. The highest BCUT2D eigenvalue weighted by Crippen LogP contribution is 2.21. The molecule has 0 aromatic heterocycles. The number of carbonyl (C=O) groups excluding carboxylic acids is 4. The molecule has 1 atom stereocenters. The van der Waals surface area contributed by atoms with Gasteiger partial charge in [-0.15, -0.1) is 0 Å². The van der Waals surface area contributed by atoms with Crippen molar-refractivity contribution in [2.75, 3.05) is 32.7 Å². The van der Waals surface area contributed by atoms with E-state index < -0.39 is 17.8 Å². The zero-order valence-corrected chi connectivity index (χ0v) is 23.0. The second kappa shape index (κ2) is 14.2. The number of nitrogens with zero attached hydrogens (tertiary/aromatic N) is 2. The second-order valence-electron chi connectivity index (χ2n) is 10.0. The molecule has 41 heavy (non-hydrogen) atoms. The average Bonchev–Trinajstić information content (AvgIpc) is 3.00. The van der Waals surface area contributed by atoms with E-state index in [1.54, 1.807) is 28.0 Å². The number of unbranched alkanes of at least 4 members (excludes halogenated alkanes) is 1. The molecular weight excluding hydrogens is 523 g/mol. The molecule has 0 saturated carbocycles. The zero-order valence-electron chi connectivity index (χ0n) is 23.0. The molecule has 4 rings (SSSR count). The number of amides is 4. The Hall–Kier alpha value is -4.53. The second-order valence-corrected chi connectivity index (χ2v) is 10.0. The topological polar surface area (TPSA) is 98.8 Å². The van der Waals surface area contributed by atoms with Gasteiger partial charge in [-0.05, 0) is 53.8 Å². The van der Waals surface area contributed by atoms with Gasteiger partial charge in [0.05, 0.1) is 6.42 Å². The van der Waals surface area contributed by atoms with E-state index in [2.05, 4.69) is 17.2 Å². The van der Waals surface area contributed by atoms with Crippen molar-refractivity contribution in [1.82, 2.24) is 20.4 Å². The Kier molecular flexibility index (Phi) is 10.2. The molecule has 1 fully saturated rings. The van der Waals surface area contributed by atoms with Gasteiger partial charge in [0.25, 0.3) is 5.91 Å². The molecule has 1 saturated heterocycles. The van der Waals surface area contributed by atoms with E-state index in [-0.39, 0.29) is 29.7 Å². The summed E-state index contributed by atoms with van der Waals surface area (Å²) in [5.74, 6) is -1.51. The lowest BCUT2D eigenvalue weighted by atomic mass is 10.0. The van der Waals surface area contributed by atoms with Gasteiger partial charge in [-0.2, -0.15) is 0 Å². The minimum absolute atomic E-state index is 0.0785. The molecule has 0 bridgehead atoms. The first-order chi connectivity index (χ1) is 19.9. The van der Waals surface area contributed by atoms with Crippen LogP contribution in [-0.2, 0) is 20.8 Å². The van der Waals surface area contributed by atoms with Crippen molar-refractivity contribution in [2.24, 2.45) is 0 Å². The van der Waals surface area contributed by atoms with E-state index in [9.17, 15) is 23.6 Å². The normalized spacial score (nSPS) is 13.9. The number of fused-ring (bicyclic) bond motifs is 1. The Morgan fingerprint density at radius 1 is 0.878 bits per heavy atom. The monoisotopic (exact) mass is 558 g/mol. The van der Waals surface area contributed by atoms with Crippen LogP contribution < -0.4 is 10.6 Å². The predicted octanol–water partition coefficient (Wildman–Crippen LogP) is 3.46. The van der Waals surface area contributed by atoms with E-state index in [4.69, 9.17) is 0 Å². The average molecular weight is 559 g/mol. The molecule has 2 N–H and O–H groups in total. The molecule has 0 radical (unpaired) electrons. The van der Waals surface area contributed by atoms with E-state index in [1.165, 1.54) is 12.1 Å². The third-order valence-electron chi connectivity index (χ3n) is 7.24. The summed E-state index contributed by atoms with van der Waals surface area (Å²) in [5.41, 5.74) is 0.883. The maximum absolute atomic E-state index is 14.1. The molecule has 8 nitrogen and oxygen atoms in total. The molecular formula is C32H35FN4O4. The summed E-state index contributed by atoms with van der Waals surface area (Å²) in [7, 11) is 0. The number of benzene rings is 3. The van der Waals surface area contributed by atoms with Crippen molar-refractivity contribution in [3.8, 4) is 0 Å². The number of rotatable bonds is 11. The molecule has 1 heterocycles.